The van der Waals surface area contributed by atoms with Gasteiger partial charge in [-0.15, -0.1) is 0 Å². The fraction of sp³-hybridized carbons (Fsp3) is 0.833. The van der Waals surface area contributed by atoms with Gasteiger partial charge in [0.2, 0.25) is 0 Å². The van der Waals surface area contributed by atoms with Gasteiger partial charge in [0.25, 0.3) is 0 Å². The molecule has 0 saturated carbocycles. The van der Waals surface area contributed by atoms with E-state index in [0.29, 0.717) is 12.8 Å². The van der Waals surface area contributed by atoms with Crippen LogP contribution >= 0.6 is 0 Å². The highest BCUT2D eigenvalue weighted by Gasteiger charge is 1.99. The van der Waals surface area contributed by atoms with Gasteiger partial charge in [0.1, 0.15) is 12.2 Å². The van der Waals surface area contributed by atoms with E-state index in [1.165, 1.54) is 0 Å². The van der Waals surface area contributed by atoms with E-state index in [1.807, 2.05) is 0 Å². The second-order valence-electron chi connectivity index (χ2n) is 4.03. The molecule has 0 aromatic rings. The van der Waals surface area contributed by atoms with Crippen molar-refractivity contribution < 1.29 is 50.4 Å². The molecule has 0 rings (SSSR count). The van der Waals surface area contributed by atoms with Crippen molar-refractivity contribution in [3.8, 4) is 0 Å². The number of aliphatic hydroxyl groups excluding tert-OH is 6. The van der Waals surface area contributed by atoms with Crippen LogP contribution in [0.15, 0.2) is 0 Å². The van der Waals surface area contributed by atoms with Crippen LogP contribution in [0.2, 0.25) is 0 Å². The van der Waals surface area contributed by atoms with Crippen LogP contribution in [0.3, 0.4) is 0 Å². The molecule has 0 spiro atoms. The molecule has 10 nitrogen and oxygen atoms in total. The van der Waals surface area contributed by atoms with Gasteiger partial charge in [-0.1, -0.05) is 0 Å². The lowest BCUT2D eigenvalue weighted by atomic mass is 10.2. The van der Waals surface area contributed by atoms with E-state index in [2.05, 4.69) is 0 Å². The first-order chi connectivity index (χ1) is 10.2. The molecule has 0 aromatic heterocycles. The number of unbranched alkanes of at least 4 members (excludes halogenated alkanes) is 1. The Kier molecular flexibility index (Phi) is 23.0. The molecule has 0 aliphatic carbocycles. The molecule has 0 amide bonds. The molecule has 0 atom stereocenters. The number of carbonyl (C=O) groups is 2. The lowest BCUT2D eigenvalue weighted by Gasteiger charge is -1.96. The summed E-state index contributed by atoms with van der Waals surface area (Å²) in [6, 6.07) is 0. The molecule has 0 aromatic carbocycles. The number of aliphatic hydroxyl groups is 6. The Morgan fingerprint density at radius 3 is 0.955 bits per heavy atom. The Morgan fingerprint density at radius 2 is 0.864 bits per heavy atom. The number of aliphatic carboxylic acids is 2. The fourth-order valence-corrected chi connectivity index (χ4v) is 0.668. The average molecular weight is 330 g/mol. The molecule has 134 valence electrons. The largest absolute Gasteiger partial charge is 0.481 e. The van der Waals surface area contributed by atoms with Crippen molar-refractivity contribution >= 4 is 11.9 Å². The van der Waals surface area contributed by atoms with Crippen molar-refractivity contribution in [1.82, 2.24) is 0 Å². The summed E-state index contributed by atoms with van der Waals surface area (Å²) in [5, 5.41) is 64.3. The number of carboxylic acid groups (broad SMARTS) is 2. The molecular formula is C12H26O10. The van der Waals surface area contributed by atoms with Crippen molar-refractivity contribution in [2.45, 2.75) is 37.9 Å². The summed E-state index contributed by atoms with van der Waals surface area (Å²) in [4.78, 5) is 19.8. The highest BCUT2D eigenvalue weighted by molar-refractivity contribution is 5.67. The zero-order chi connectivity index (χ0) is 18.0. The molecule has 8 N–H and O–H groups in total. The predicted molar refractivity (Wildman–Crippen MR) is 74.1 cm³/mol. The maximum atomic E-state index is 9.90. The average Bonchev–Trinajstić information content (AvgIpc) is 2.50. The molecule has 0 aliphatic heterocycles. The van der Waals surface area contributed by atoms with Gasteiger partial charge in [-0.3, -0.25) is 9.59 Å². The Balaban J connectivity index is -0.000000261. The zero-order valence-electron chi connectivity index (χ0n) is 12.2. The van der Waals surface area contributed by atoms with Crippen LogP contribution in [0.5, 0.6) is 0 Å². The van der Waals surface area contributed by atoms with Crippen LogP contribution in [-0.4, -0.2) is 91.4 Å². The monoisotopic (exact) mass is 330 g/mol. The summed E-state index contributed by atoms with van der Waals surface area (Å²) >= 11 is 0. The van der Waals surface area contributed by atoms with E-state index in [1.54, 1.807) is 0 Å². The molecular weight excluding hydrogens is 304 g/mol. The Hall–Kier alpha value is -1.30. The van der Waals surface area contributed by atoms with Crippen molar-refractivity contribution in [3.05, 3.63) is 0 Å². The lowest BCUT2D eigenvalue weighted by molar-refractivity contribution is -0.139. The third kappa shape index (κ3) is 31.2. The SMILES string of the molecule is O=C(O)CCCCC(=O)O.OCC(O)CO.OCC(O)CO. The molecule has 0 fully saturated rings. The predicted octanol–water partition coefficient (Wildman–Crippen LogP) is -2.62. The van der Waals surface area contributed by atoms with E-state index < -0.39 is 24.1 Å². The molecule has 0 radical (unpaired) electrons. The molecule has 10 heteroatoms. The minimum Gasteiger partial charge on any atom is -0.481 e. The van der Waals surface area contributed by atoms with Crippen molar-refractivity contribution in [3.63, 3.8) is 0 Å². The van der Waals surface area contributed by atoms with Crippen molar-refractivity contribution in [2.24, 2.45) is 0 Å². The van der Waals surface area contributed by atoms with E-state index >= 15 is 0 Å². The Labute approximate surface area is 127 Å². The maximum absolute atomic E-state index is 9.90. The Bertz CT molecular complexity index is 224. The highest BCUT2D eigenvalue weighted by atomic mass is 16.4. The lowest BCUT2D eigenvalue weighted by Crippen LogP contribution is -2.15. The number of hydrogen-bond acceptors (Lipinski definition) is 8. The van der Waals surface area contributed by atoms with E-state index in [-0.39, 0.29) is 39.3 Å². The van der Waals surface area contributed by atoms with Crippen LogP contribution in [0.4, 0.5) is 0 Å². The van der Waals surface area contributed by atoms with Crippen molar-refractivity contribution in [2.75, 3.05) is 26.4 Å². The summed E-state index contributed by atoms with van der Waals surface area (Å²) in [5.74, 6) is -1.74. The molecule has 22 heavy (non-hydrogen) atoms. The highest BCUT2D eigenvalue weighted by Crippen LogP contribution is 1.98. The van der Waals surface area contributed by atoms with Crippen LogP contribution in [0.1, 0.15) is 25.7 Å². The maximum Gasteiger partial charge on any atom is 0.303 e. The van der Waals surface area contributed by atoms with Crippen LogP contribution in [0.25, 0.3) is 0 Å². The number of hydrogen-bond donors (Lipinski definition) is 8. The summed E-state index contributed by atoms with van der Waals surface area (Å²) in [6.07, 6.45) is -0.890. The van der Waals surface area contributed by atoms with Gasteiger partial charge in [0.05, 0.1) is 26.4 Å². The first kappa shape index (κ1) is 25.6. The van der Waals surface area contributed by atoms with Crippen LogP contribution in [0, 0.1) is 0 Å². The third-order valence-corrected chi connectivity index (χ3v) is 1.87. The topological polar surface area (TPSA) is 196 Å². The normalized spacial score (nSPS) is 9.64. The smallest absolute Gasteiger partial charge is 0.303 e. The van der Waals surface area contributed by atoms with Gasteiger partial charge in [-0.25, -0.2) is 0 Å². The van der Waals surface area contributed by atoms with E-state index in [4.69, 9.17) is 40.9 Å². The summed E-state index contributed by atoms with van der Waals surface area (Å²) < 4.78 is 0. The van der Waals surface area contributed by atoms with E-state index in [9.17, 15) is 9.59 Å². The first-order valence-corrected chi connectivity index (χ1v) is 6.48. The second-order valence-corrected chi connectivity index (χ2v) is 4.03. The standard InChI is InChI=1S/C6H10O4.2C3H8O3/c7-5(8)3-1-2-4-6(9)10;2*4-1-3(6)2-5/h1-4H2,(H,7,8)(H,9,10);2*3-6H,1-2H2. The molecule has 0 bridgehead atoms. The van der Waals surface area contributed by atoms with Crippen LogP contribution in [-0.2, 0) is 9.59 Å². The van der Waals surface area contributed by atoms with Gasteiger partial charge < -0.3 is 40.9 Å². The quantitative estimate of drug-likeness (QED) is 0.207. The summed E-state index contributed by atoms with van der Waals surface area (Å²) in [6.45, 7) is -1.46. The van der Waals surface area contributed by atoms with Gasteiger partial charge in [0, 0.05) is 12.8 Å². The minimum absolute atomic E-state index is 0.0628. The Morgan fingerprint density at radius 1 is 0.636 bits per heavy atom. The minimum atomic E-state index is -0.954. The fourth-order valence-electron chi connectivity index (χ4n) is 0.668. The van der Waals surface area contributed by atoms with Gasteiger partial charge in [-0.2, -0.15) is 0 Å². The third-order valence-electron chi connectivity index (χ3n) is 1.87. The van der Waals surface area contributed by atoms with Crippen molar-refractivity contribution in [1.29, 1.82) is 0 Å². The van der Waals surface area contributed by atoms with Gasteiger partial charge in [-0.05, 0) is 12.8 Å². The number of rotatable bonds is 9. The zero-order valence-corrected chi connectivity index (χ0v) is 12.2. The number of carboxylic acids is 2. The van der Waals surface area contributed by atoms with Crippen LogP contribution < -0.4 is 0 Å². The first-order valence-electron chi connectivity index (χ1n) is 6.48. The molecule has 0 heterocycles. The second kappa shape index (κ2) is 19.7. The molecule has 0 aliphatic rings. The summed E-state index contributed by atoms with van der Waals surface area (Å²) in [5.41, 5.74) is 0. The van der Waals surface area contributed by atoms with E-state index in [0.717, 1.165) is 0 Å². The summed E-state index contributed by atoms with van der Waals surface area (Å²) in [7, 11) is 0. The van der Waals surface area contributed by atoms with Gasteiger partial charge >= 0.3 is 11.9 Å². The van der Waals surface area contributed by atoms with Gasteiger partial charge in [0.15, 0.2) is 0 Å². The molecule has 0 unspecified atom stereocenters. The molecule has 0 saturated heterocycles.